The molecule has 4 nitrogen and oxygen atoms in total. The van der Waals surface area contributed by atoms with Crippen LogP contribution in [-0.4, -0.2) is 28.1 Å². The normalized spacial score (nSPS) is 10.3. The van der Waals surface area contributed by atoms with Gasteiger partial charge in [0.1, 0.15) is 5.01 Å². The van der Waals surface area contributed by atoms with E-state index >= 15 is 0 Å². The number of aryl methyl sites for hydroxylation is 1. The summed E-state index contributed by atoms with van der Waals surface area (Å²) < 4.78 is 0. The highest BCUT2D eigenvalue weighted by Gasteiger charge is 2.06. The van der Waals surface area contributed by atoms with E-state index in [1.807, 2.05) is 13.2 Å². The number of thioether (sulfide) groups is 1. The molecular weight excluding hydrogens is 230 g/mol. The van der Waals surface area contributed by atoms with Crippen LogP contribution in [0.4, 0.5) is 5.13 Å². The minimum Gasteiger partial charge on any atom is -0.301 e. The molecule has 1 aromatic rings. The highest BCUT2D eigenvalue weighted by molar-refractivity contribution is 7.98. The topological polar surface area (TPSA) is 54.9 Å². The standard InChI is InChI=1S/C9H15N3OS2/c1-3-8-11-12-9(15-8)10-7(13)5-4-6-14-2/h3-6H2,1-2H3,(H,10,12,13). The first-order valence-electron chi connectivity index (χ1n) is 4.87. The fourth-order valence-corrected chi connectivity index (χ4v) is 2.13. The first-order chi connectivity index (χ1) is 7.26. The van der Waals surface area contributed by atoms with Gasteiger partial charge in [0.05, 0.1) is 0 Å². The van der Waals surface area contributed by atoms with Gasteiger partial charge in [0.25, 0.3) is 0 Å². The maximum absolute atomic E-state index is 11.4. The number of carbonyl (C=O) groups excluding carboxylic acids is 1. The largest absolute Gasteiger partial charge is 0.301 e. The summed E-state index contributed by atoms with van der Waals surface area (Å²) in [5, 5.41) is 12.1. The van der Waals surface area contributed by atoms with E-state index in [0.717, 1.165) is 23.6 Å². The molecule has 0 fully saturated rings. The first-order valence-corrected chi connectivity index (χ1v) is 7.08. The highest BCUT2D eigenvalue weighted by atomic mass is 32.2. The van der Waals surface area contributed by atoms with Crippen molar-refractivity contribution < 1.29 is 4.79 Å². The molecule has 1 amide bonds. The van der Waals surface area contributed by atoms with Gasteiger partial charge in [0.15, 0.2) is 0 Å². The molecule has 6 heteroatoms. The molecule has 1 heterocycles. The van der Waals surface area contributed by atoms with E-state index in [2.05, 4.69) is 15.5 Å². The van der Waals surface area contributed by atoms with Gasteiger partial charge in [0.2, 0.25) is 11.0 Å². The van der Waals surface area contributed by atoms with E-state index < -0.39 is 0 Å². The van der Waals surface area contributed by atoms with Crippen LogP contribution in [0.25, 0.3) is 0 Å². The molecule has 0 radical (unpaired) electrons. The Labute approximate surface area is 97.9 Å². The van der Waals surface area contributed by atoms with Crippen LogP contribution in [0, 0.1) is 0 Å². The van der Waals surface area contributed by atoms with Crippen molar-refractivity contribution in [2.45, 2.75) is 26.2 Å². The smallest absolute Gasteiger partial charge is 0.226 e. The molecule has 0 aliphatic rings. The molecule has 0 saturated heterocycles. The highest BCUT2D eigenvalue weighted by Crippen LogP contribution is 2.15. The van der Waals surface area contributed by atoms with Gasteiger partial charge in [-0.15, -0.1) is 10.2 Å². The second kappa shape index (κ2) is 6.79. The molecule has 1 rings (SSSR count). The Kier molecular flexibility index (Phi) is 5.63. The van der Waals surface area contributed by atoms with Gasteiger partial charge < -0.3 is 5.32 Å². The molecule has 0 aliphatic heterocycles. The summed E-state index contributed by atoms with van der Waals surface area (Å²) >= 11 is 3.19. The molecule has 1 N–H and O–H groups in total. The lowest BCUT2D eigenvalue weighted by atomic mass is 10.3. The molecule has 0 saturated carbocycles. The van der Waals surface area contributed by atoms with Gasteiger partial charge in [-0.2, -0.15) is 11.8 Å². The monoisotopic (exact) mass is 245 g/mol. The van der Waals surface area contributed by atoms with Crippen molar-refractivity contribution in [3.63, 3.8) is 0 Å². The molecule has 0 spiro atoms. The van der Waals surface area contributed by atoms with Crippen molar-refractivity contribution in [2.75, 3.05) is 17.3 Å². The van der Waals surface area contributed by atoms with Crippen LogP contribution < -0.4 is 5.32 Å². The van der Waals surface area contributed by atoms with Crippen LogP contribution in [0.1, 0.15) is 24.8 Å². The van der Waals surface area contributed by atoms with Gasteiger partial charge in [-0.1, -0.05) is 18.3 Å². The summed E-state index contributed by atoms with van der Waals surface area (Å²) in [6, 6.07) is 0. The first kappa shape index (κ1) is 12.4. The molecule has 15 heavy (non-hydrogen) atoms. The zero-order valence-electron chi connectivity index (χ0n) is 8.95. The minimum atomic E-state index is 0.0304. The lowest BCUT2D eigenvalue weighted by Gasteiger charge is -1.99. The fraction of sp³-hybridized carbons (Fsp3) is 0.667. The van der Waals surface area contributed by atoms with E-state index in [0.29, 0.717) is 11.6 Å². The van der Waals surface area contributed by atoms with E-state index in [1.54, 1.807) is 11.8 Å². The molecule has 0 aromatic carbocycles. The number of hydrogen-bond donors (Lipinski definition) is 1. The van der Waals surface area contributed by atoms with Crippen LogP contribution in [0.2, 0.25) is 0 Å². The zero-order valence-corrected chi connectivity index (χ0v) is 10.6. The Morgan fingerprint density at radius 2 is 2.33 bits per heavy atom. The number of rotatable bonds is 6. The maximum atomic E-state index is 11.4. The maximum Gasteiger partial charge on any atom is 0.226 e. The van der Waals surface area contributed by atoms with Crippen molar-refractivity contribution in [2.24, 2.45) is 0 Å². The second-order valence-corrected chi connectivity index (χ2v) is 5.05. The number of carbonyl (C=O) groups is 1. The van der Waals surface area contributed by atoms with Crippen LogP contribution in [-0.2, 0) is 11.2 Å². The van der Waals surface area contributed by atoms with Crippen molar-refractivity contribution in [1.82, 2.24) is 10.2 Å². The van der Waals surface area contributed by atoms with Gasteiger partial charge in [-0.25, -0.2) is 0 Å². The summed E-state index contributed by atoms with van der Waals surface area (Å²) in [4.78, 5) is 11.4. The Bertz CT molecular complexity index is 314. The predicted molar refractivity (Wildman–Crippen MR) is 65.5 cm³/mol. The van der Waals surface area contributed by atoms with Crippen LogP contribution in [0.5, 0.6) is 0 Å². The third-order valence-electron chi connectivity index (χ3n) is 1.77. The lowest BCUT2D eigenvalue weighted by molar-refractivity contribution is -0.116. The van der Waals surface area contributed by atoms with E-state index in [9.17, 15) is 4.79 Å². The Hall–Kier alpha value is -0.620. The molecule has 0 aliphatic carbocycles. The number of nitrogens with zero attached hydrogens (tertiary/aromatic N) is 2. The van der Waals surface area contributed by atoms with Gasteiger partial charge in [-0.05, 0) is 24.9 Å². The number of nitrogens with one attached hydrogen (secondary N) is 1. The quantitative estimate of drug-likeness (QED) is 0.781. The van der Waals surface area contributed by atoms with Crippen molar-refractivity contribution in [3.05, 3.63) is 5.01 Å². The number of hydrogen-bond acceptors (Lipinski definition) is 5. The Morgan fingerprint density at radius 3 is 2.93 bits per heavy atom. The van der Waals surface area contributed by atoms with E-state index in [1.165, 1.54) is 11.3 Å². The third-order valence-corrected chi connectivity index (χ3v) is 3.45. The van der Waals surface area contributed by atoms with Crippen molar-refractivity contribution in [3.8, 4) is 0 Å². The summed E-state index contributed by atoms with van der Waals surface area (Å²) in [6.45, 7) is 2.02. The number of amides is 1. The molecule has 0 unspecified atom stereocenters. The molecule has 0 atom stereocenters. The summed E-state index contributed by atoms with van der Waals surface area (Å²) in [5.41, 5.74) is 0. The summed E-state index contributed by atoms with van der Waals surface area (Å²) in [6.07, 6.45) is 4.37. The minimum absolute atomic E-state index is 0.0304. The van der Waals surface area contributed by atoms with Crippen LogP contribution in [0.3, 0.4) is 0 Å². The Morgan fingerprint density at radius 1 is 1.53 bits per heavy atom. The average Bonchev–Trinajstić information content (AvgIpc) is 2.66. The fourth-order valence-electron chi connectivity index (χ4n) is 1.01. The van der Waals surface area contributed by atoms with E-state index in [4.69, 9.17) is 0 Å². The van der Waals surface area contributed by atoms with Gasteiger partial charge in [-0.3, -0.25) is 4.79 Å². The Balaban J connectivity index is 2.31. The third kappa shape index (κ3) is 4.61. The van der Waals surface area contributed by atoms with Gasteiger partial charge >= 0.3 is 0 Å². The number of anilines is 1. The average molecular weight is 245 g/mol. The lowest BCUT2D eigenvalue weighted by Crippen LogP contribution is -2.11. The second-order valence-electron chi connectivity index (χ2n) is 3.00. The zero-order chi connectivity index (χ0) is 11.1. The summed E-state index contributed by atoms with van der Waals surface area (Å²) in [7, 11) is 0. The predicted octanol–water partition coefficient (Wildman–Crippen LogP) is 2.18. The van der Waals surface area contributed by atoms with Crippen LogP contribution >= 0.6 is 23.1 Å². The van der Waals surface area contributed by atoms with Crippen molar-refractivity contribution in [1.29, 1.82) is 0 Å². The molecule has 1 aromatic heterocycles. The molecule has 84 valence electrons. The van der Waals surface area contributed by atoms with Crippen LogP contribution in [0.15, 0.2) is 0 Å². The summed E-state index contributed by atoms with van der Waals surface area (Å²) in [5.74, 6) is 1.05. The SMILES string of the molecule is CCc1nnc(NC(=O)CCCSC)s1. The van der Waals surface area contributed by atoms with E-state index in [-0.39, 0.29) is 5.91 Å². The van der Waals surface area contributed by atoms with Gasteiger partial charge in [0, 0.05) is 6.42 Å². The number of aromatic nitrogens is 2. The molecule has 0 bridgehead atoms. The molecular formula is C9H15N3OS2. The van der Waals surface area contributed by atoms with Crippen molar-refractivity contribution >= 4 is 34.1 Å².